The predicted molar refractivity (Wildman–Crippen MR) is 148 cm³/mol. The Hall–Kier alpha value is -2.65. The number of ether oxygens (including phenoxy) is 2. The van der Waals surface area contributed by atoms with E-state index in [2.05, 4.69) is 17.6 Å². The van der Waals surface area contributed by atoms with Gasteiger partial charge in [-0.3, -0.25) is 14.4 Å². The fourth-order valence-corrected chi connectivity index (χ4v) is 6.91. The Labute approximate surface area is 232 Å². The minimum absolute atomic E-state index is 0.147. The number of nitrogens with one attached hydrogen (secondary N) is 2. The van der Waals surface area contributed by atoms with Crippen molar-refractivity contribution in [2.24, 2.45) is 11.8 Å². The lowest BCUT2D eigenvalue weighted by Gasteiger charge is -2.34. The highest BCUT2D eigenvalue weighted by molar-refractivity contribution is 6.02. The normalized spacial score (nSPS) is 29.0. The van der Waals surface area contributed by atoms with Gasteiger partial charge in [-0.15, -0.1) is 0 Å². The zero-order chi connectivity index (χ0) is 28.0. The summed E-state index contributed by atoms with van der Waals surface area (Å²) < 4.78 is 12.3. The molecule has 9 heteroatoms. The SMILES string of the molecule is CCCCNC(=O)C1N(CCCCCCO)C(=O)[C@@H]2[C@H](C(=O)Nc3ccc(OCC)cc3)[C@]3(CC)CCC12O3. The third kappa shape index (κ3) is 5.53. The van der Waals surface area contributed by atoms with Crippen molar-refractivity contribution in [3.8, 4) is 5.75 Å². The van der Waals surface area contributed by atoms with Gasteiger partial charge in [-0.05, 0) is 69.7 Å². The van der Waals surface area contributed by atoms with E-state index in [0.29, 0.717) is 44.6 Å². The van der Waals surface area contributed by atoms with E-state index in [1.54, 1.807) is 17.0 Å². The number of anilines is 1. The topological polar surface area (TPSA) is 117 Å². The number of nitrogens with zero attached hydrogens (tertiary/aromatic N) is 1. The van der Waals surface area contributed by atoms with E-state index in [9.17, 15) is 14.4 Å². The Bertz CT molecular complexity index is 1020. The average molecular weight is 544 g/mol. The van der Waals surface area contributed by atoms with Crippen molar-refractivity contribution >= 4 is 23.4 Å². The number of benzene rings is 1. The highest BCUT2D eigenvalue weighted by atomic mass is 16.5. The van der Waals surface area contributed by atoms with Gasteiger partial charge >= 0.3 is 0 Å². The molecule has 2 unspecified atom stereocenters. The molecular weight excluding hydrogens is 498 g/mol. The van der Waals surface area contributed by atoms with Crippen LogP contribution in [0.25, 0.3) is 0 Å². The molecule has 1 aromatic carbocycles. The van der Waals surface area contributed by atoms with Crippen LogP contribution in [0, 0.1) is 11.8 Å². The molecule has 0 aliphatic carbocycles. The van der Waals surface area contributed by atoms with Crippen LogP contribution in [0.15, 0.2) is 24.3 Å². The molecule has 9 nitrogen and oxygen atoms in total. The molecule has 3 N–H and O–H groups in total. The van der Waals surface area contributed by atoms with Crippen LogP contribution < -0.4 is 15.4 Å². The molecule has 216 valence electrons. The van der Waals surface area contributed by atoms with Crippen LogP contribution in [0.2, 0.25) is 0 Å². The maximum atomic E-state index is 14.1. The van der Waals surface area contributed by atoms with Crippen LogP contribution in [0.1, 0.15) is 78.6 Å². The maximum Gasteiger partial charge on any atom is 0.245 e. The van der Waals surface area contributed by atoms with E-state index in [4.69, 9.17) is 14.6 Å². The molecule has 0 aromatic heterocycles. The number of amides is 3. The maximum absolute atomic E-state index is 14.1. The summed E-state index contributed by atoms with van der Waals surface area (Å²) in [6.45, 7) is 7.67. The molecule has 3 aliphatic rings. The average Bonchev–Trinajstić information content (AvgIpc) is 3.53. The number of aliphatic hydroxyl groups is 1. The molecule has 1 aromatic rings. The first-order valence-electron chi connectivity index (χ1n) is 14.8. The summed E-state index contributed by atoms with van der Waals surface area (Å²) in [7, 11) is 0. The van der Waals surface area contributed by atoms with Crippen molar-refractivity contribution in [2.45, 2.75) is 95.8 Å². The fraction of sp³-hybridized carbons (Fsp3) is 0.700. The van der Waals surface area contributed by atoms with E-state index >= 15 is 0 Å². The molecule has 3 fully saturated rings. The molecule has 3 heterocycles. The van der Waals surface area contributed by atoms with Gasteiger partial charge in [0, 0.05) is 25.4 Å². The van der Waals surface area contributed by atoms with Gasteiger partial charge in [-0.1, -0.05) is 33.1 Å². The minimum atomic E-state index is -1.00. The summed E-state index contributed by atoms with van der Waals surface area (Å²) in [5, 5.41) is 15.2. The third-order valence-corrected chi connectivity index (χ3v) is 8.78. The van der Waals surface area contributed by atoms with Crippen molar-refractivity contribution in [3.63, 3.8) is 0 Å². The molecular formula is C30H45N3O6. The number of hydrogen-bond acceptors (Lipinski definition) is 6. The van der Waals surface area contributed by atoms with Gasteiger partial charge in [0.15, 0.2) is 0 Å². The first-order valence-corrected chi connectivity index (χ1v) is 14.8. The van der Waals surface area contributed by atoms with Crippen LogP contribution in [0.4, 0.5) is 5.69 Å². The van der Waals surface area contributed by atoms with Crippen molar-refractivity contribution < 1.29 is 29.0 Å². The zero-order valence-corrected chi connectivity index (χ0v) is 23.7. The van der Waals surface area contributed by atoms with E-state index < -0.39 is 29.1 Å². The van der Waals surface area contributed by atoms with Crippen LogP contribution in [-0.4, -0.2) is 71.3 Å². The Balaban J connectivity index is 1.61. The molecule has 4 rings (SSSR count). The standard InChI is InChI=1S/C30H45N3O6/c1-4-7-18-31-27(36)25-30-17-16-29(5-2,39-30)23(24(30)28(37)33(25)19-10-8-9-11-20-34)26(35)32-21-12-14-22(15-13-21)38-6-3/h12-15,23-25,34H,4-11,16-20H2,1-3H3,(H,31,36)(H,32,35)/t23-,24+,25?,29+,30?/m1/s1. The van der Waals surface area contributed by atoms with Crippen LogP contribution >= 0.6 is 0 Å². The predicted octanol–water partition coefficient (Wildman–Crippen LogP) is 3.65. The van der Waals surface area contributed by atoms with Gasteiger partial charge in [0.1, 0.15) is 17.4 Å². The molecule has 2 bridgehead atoms. The number of unbranched alkanes of at least 4 members (excludes halogenated alkanes) is 4. The number of rotatable bonds is 15. The minimum Gasteiger partial charge on any atom is -0.494 e. The van der Waals surface area contributed by atoms with Crippen molar-refractivity contribution in [2.75, 3.05) is 31.6 Å². The fourth-order valence-electron chi connectivity index (χ4n) is 6.91. The molecule has 39 heavy (non-hydrogen) atoms. The van der Waals surface area contributed by atoms with Crippen molar-refractivity contribution in [3.05, 3.63) is 24.3 Å². The summed E-state index contributed by atoms with van der Waals surface area (Å²) in [5.74, 6) is -1.24. The van der Waals surface area contributed by atoms with E-state index in [1.807, 2.05) is 26.0 Å². The Kier molecular flexibility index (Phi) is 9.54. The highest BCUT2D eigenvalue weighted by Crippen LogP contribution is 2.64. The van der Waals surface area contributed by atoms with Crippen LogP contribution in [0.5, 0.6) is 5.75 Å². The largest absolute Gasteiger partial charge is 0.494 e. The van der Waals surface area contributed by atoms with Gasteiger partial charge in [-0.25, -0.2) is 0 Å². The molecule has 1 spiro atoms. The van der Waals surface area contributed by atoms with Gasteiger partial charge in [0.05, 0.1) is 24.0 Å². The Morgan fingerprint density at radius 2 is 1.79 bits per heavy atom. The zero-order valence-electron chi connectivity index (χ0n) is 23.7. The second kappa shape index (κ2) is 12.7. The van der Waals surface area contributed by atoms with Crippen molar-refractivity contribution in [1.82, 2.24) is 10.2 Å². The second-order valence-corrected chi connectivity index (χ2v) is 11.1. The quantitative estimate of drug-likeness (QED) is 0.291. The molecule has 0 radical (unpaired) electrons. The van der Waals surface area contributed by atoms with Crippen molar-refractivity contribution in [1.29, 1.82) is 0 Å². The molecule has 5 atom stereocenters. The van der Waals surface area contributed by atoms with Crippen LogP contribution in [-0.2, 0) is 19.1 Å². The van der Waals surface area contributed by atoms with Gasteiger partial charge in [0.25, 0.3) is 0 Å². The molecule has 3 amide bonds. The van der Waals surface area contributed by atoms with Gasteiger partial charge in [-0.2, -0.15) is 0 Å². The molecule has 3 aliphatic heterocycles. The van der Waals surface area contributed by atoms with E-state index in [0.717, 1.165) is 44.3 Å². The number of fused-ring (bicyclic) bond motifs is 1. The summed E-state index contributed by atoms with van der Waals surface area (Å²) >= 11 is 0. The Morgan fingerprint density at radius 3 is 2.46 bits per heavy atom. The Morgan fingerprint density at radius 1 is 1.05 bits per heavy atom. The lowest BCUT2D eigenvalue weighted by atomic mass is 9.65. The highest BCUT2D eigenvalue weighted by Gasteiger charge is 2.78. The summed E-state index contributed by atoms with van der Waals surface area (Å²) in [4.78, 5) is 43.3. The summed E-state index contributed by atoms with van der Waals surface area (Å²) in [5.41, 5.74) is -1.15. The lowest BCUT2D eigenvalue weighted by molar-refractivity contribution is -0.146. The van der Waals surface area contributed by atoms with Gasteiger partial charge < -0.3 is 30.1 Å². The number of carbonyl (C=O) groups is 3. The number of likely N-dealkylation sites (tertiary alicyclic amines) is 1. The second-order valence-electron chi connectivity index (χ2n) is 11.1. The molecule has 0 saturated carbocycles. The first kappa shape index (κ1) is 29.3. The summed E-state index contributed by atoms with van der Waals surface area (Å²) in [6.07, 6.45) is 6.79. The summed E-state index contributed by atoms with van der Waals surface area (Å²) in [6, 6.07) is 6.46. The monoisotopic (exact) mass is 543 g/mol. The van der Waals surface area contributed by atoms with E-state index in [-0.39, 0.29) is 24.3 Å². The first-order chi connectivity index (χ1) is 18.9. The number of hydrogen-bond donors (Lipinski definition) is 3. The number of aliphatic hydroxyl groups excluding tert-OH is 1. The lowest BCUT2D eigenvalue weighted by Crippen LogP contribution is -2.55. The molecule has 3 saturated heterocycles. The van der Waals surface area contributed by atoms with Crippen LogP contribution in [0.3, 0.4) is 0 Å². The number of carbonyl (C=O) groups excluding carboxylic acids is 3. The van der Waals surface area contributed by atoms with E-state index in [1.165, 1.54) is 0 Å². The third-order valence-electron chi connectivity index (χ3n) is 8.78. The smallest absolute Gasteiger partial charge is 0.245 e. The van der Waals surface area contributed by atoms with Gasteiger partial charge in [0.2, 0.25) is 17.7 Å².